The molecule has 0 aliphatic rings. The van der Waals surface area contributed by atoms with E-state index in [4.69, 9.17) is 11.5 Å². The molecular weight excluding hydrogens is 308 g/mol. The van der Waals surface area contributed by atoms with Crippen molar-refractivity contribution in [3.8, 4) is 0 Å². The van der Waals surface area contributed by atoms with Crippen LogP contribution < -0.4 is 31.9 Å². The summed E-state index contributed by atoms with van der Waals surface area (Å²) in [6.07, 6.45) is -1.41. The quantitative estimate of drug-likeness (QED) is 0.441. The van der Waals surface area contributed by atoms with Crippen LogP contribution in [0.3, 0.4) is 0 Å². The van der Waals surface area contributed by atoms with E-state index in [1.54, 1.807) is 0 Å². The first-order valence-electron chi connectivity index (χ1n) is 4.40. The summed E-state index contributed by atoms with van der Waals surface area (Å²) in [5.74, 6) is -6.16. The summed E-state index contributed by atoms with van der Waals surface area (Å²) in [7, 11) is 0. The molecule has 0 rings (SSSR count). The summed E-state index contributed by atoms with van der Waals surface area (Å²) in [4.78, 5) is 38.7. The maximum Gasteiger partial charge on any atom is 2.00 e. The van der Waals surface area contributed by atoms with Crippen LogP contribution in [0.25, 0.3) is 0 Å². The number of hydrogen-bond donors (Lipinski definition) is 2. The van der Waals surface area contributed by atoms with Gasteiger partial charge in [0.1, 0.15) is 0 Å². The van der Waals surface area contributed by atoms with E-state index in [-0.39, 0.29) is 19.9 Å². The fourth-order valence-corrected chi connectivity index (χ4v) is 0.526. The van der Waals surface area contributed by atoms with Crippen LogP contribution >= 0.6 is 0 Å². The third-order valence-corrected chi connectivity index (χ3v) is 1.38. The Bertz CT molecular complexity index is 312. The maximum atomic E-state index is 9.71. The summed E-state index contributed by atoms with van der Waals surface area (Å²) >= 11 is 0. The van der Waals surface area contributed by atoms with E-state index in [0.717, 1.165) is 0 Å². The van der Waals surface area contributed by atoms with Gasteiger partial charge in [0.05, 0.1) is 11.9 Å². The Hall–Kier alpha value is -1.68. The molecule has 0 aliphatic carbocycles. The normalized spacial score (nSPS) is 11.9. The van der Waals surface area contributed by atoms with Crippen LogP contribution in [0.1, 0.15) is 15.7 Å². The number of aliphatic carboxylic acids is 4. The summed E-state index contributed by atoms with van der Waals surface area (Å²) in [6, 6.07) is -2.93. The average Bonchev–Trinajstić information content (AvgIpc) is 2.16. The van der Waals surface area contributed by atoms with Crippen molar-refractivity contribution in [2.45, 2.75) is 24.9 Å². The van der Waals surface area contributed by atoms with E-state index >= 15 is 0 Å². The van der Waals surface area contributed by atoms with Gasteiger partial charge in [-0.1, -0.05) is 0 Å². The molecule has 0 radical (unpaired) electrons. The molecule has 0 unspecified atom stereocenters. The SMILES string of the molecule is N[C@@H](CC(=O)[O-])C(=O)[O-].N[C@@H](CC(=O)[O-])C(=O)[O-].[Fe+2].[H+].[H+]. The second kappa shape index (κ2) is 11.4. The molecule has 2 atom stereocenters. The first-order chi connectivity index (χ1) is 8.07. The molecule has 0 aliphatic heterocycles. The van der Waals surface area contributed by atoms with Crippen molar-refractivity contribution in [1.29, 1.82) is 0 Å². The van der Waals surface area contributed by atoms with E-state index in [1.165, 1.54) is 0 Å². The van der Waals surface area contributed by atoms with E-state index in [2.05, 4.69) is 0 Å². The van der Waals surface area contributed by atoms with Crippen LogP contribution in [0.5, 0.6) is 0 Å². The Morgan fingerprint density at radius 1 is 0.789 bits per heavy atom. The monoisotopic (exact) mass is 320 g/mol. The van der Waals surface area contributed by atoms with E-state index in [9.17, 15) is 39.6 Å². The zero-order chi connectivity index (χ0) is 14.9. The Morgan fingerprint density at radius 2 is 1.00 bits per heavy atom. The van der Waals surface area contributed by atoms with Gasteiger partial charge in [-0.25, -0.2) is 0 Å². The van der Waals surface area contributed by atoms with Crippen LogP contribution in [0.15, 0.2) is 0 Å². The molecule has 0 bridgehead atoms. The molecule has 4 N–H and O–H groups in total. The fraction of sp³-hybridized carbons (Fsp3) is 0.500. The molecule has 110 valence electrons. The van der Waals surface area contributed by atoms with Gasteiger partial charge in [-0.05, 0) is 0 Å². The molecule has 11 heteroatoms. The molecule has 0 spiro atoms. The minimum atomic E-state index is -1.58. The summed E-state index contributed by atoms with van der Waals surface area (Å²) < 4.78 is 0. The third-order valence-electron chi connectivity index (χ3n) is 1.38. The van der Waals surface area contributed by atoms with Crippen molar-refractivity contribution < 1.29 is 59.5 Å². The number of carboxylic acids is 4. The fourth-order valence-electron chi connectivity index (χ4n) is 0.526. The van der Waals surface area contributed by atoms with Crippen LogP contribution in [-0.4, -0.2) is 36.0 Å². The van der Waals surface area contributed by atoms with Crippen LogP contribution in [0.2, 0.25) is 0 Å². The molecule has 0 aromatic heterocycles. The number of carbonyl (C=O) groups is 4. The molecule has 0 heterocycles. The number of carbonyl (C=O) groups excluding carboxylic acids is 4. The smallest absolute Gasteiger partial charge is 0.550 e. The average molecular weight is 320 g/mol. The molecule has 0 fully saturated rings. The first-order valence-corrected chi connectivity index (χ1v) is 4.40. The summed E-state index contributed by atoms with van der Waals surface area (Å²) in [5.41, 5.74) is 9.47. The standard InChI is InChI=1S/2C4H7NO4.Fe/c2*5-2(4(8)9)1-3(6)7;/h2*2H,1,5H2,(H,6,7)(H,8,9);/q;;+2/p-2/t2*2-;/m00./s1. The van der Waals surface area contributed by atoms with Crippen molar-refractivity contribution >= 4 is 23.9 Å². The molecule has 0 aromatic rings. The number of carboxylic acid groups (broad SMARTS) is 4. The van der Waals surface area contributed by atoms with Crippen molar-refractivity contribution in [1.82, 2.24) is 0 Å². The number of rotatable bonds is 6. The van der Waals surface area contributed by atoms with Crippen LogP contribution in [0.4, 0.5) is 0 Å². The Kier molecular flexibility index (Phi) is 13.5. The van der Waals surface area contributed by atoms with Gasteiger partial charge in [0.2, 0.25) is 0 Å². The van der Waals surface area contributed by atoms with E-state index in [1.807, 2.05) is 0 Å². The number of nitrogens with two attached hydrogens (primary N) is 2. The number of hydrogen-bond acceptors (Lipinski definition) is 10. The molecular formula is C8H12FeN2O8. The zero-order valence-corrected chi connectivity index (χ0v) is 10.4. The predicted octanol–water partition coefficient (Wildman–Crippen LogP) is -7.37. The zero-order valence-electron chi connectivity index (χ0n) is 11.3. The second-order valence-electron chi connectivity index (χ2n) is 3.00. The predicted molar refractivity (Wildman–Crippen MR) is 47.4 cm³/mol. The van der Waals surface area contributed by atoms with Gasteiger partial charge in [0.15, 0.2) is 0 Å². The molecule has 10 nitrogen and oxygen atoms in total. The van der Waals surface area contributed by atoms with Gasteiger partial charge in [0, 0.05) is 36.9 Å². The van der Waals surface area contributed by atoms with E-state index < -0.39 is 48.8 Å². The van der Waals surface area contributed by atoms with Gasteiger partial charge in [0.25, 0.3) is 0 Å². The van der Waals surface area contributed by atoms with Crippen molar-refractivity contribution in [2.24, 2.45) is 11.5 Å². The molecule has 19 heavy (non-hydrogen) atoms. The minimum Gasteiger partial charge on any atom is -0.550 e. The topological polar surface area (TPSA) is 213 Å². The first kappa shape index (κ1) is 22.5. The summed E-state index contributed by atoms with van der Waals surface area (Å²) in [5, 5.41) is 38.7. The molecule has 0 saturated heterocycles. The Balaban J connectivity index is -0.0000000711. The molecule has 0 amide bonds. The minimum absolute atomic E-state index is 0. The summed E-state index contributed by atoms with van der Waals surface area (Å²) in [6.45, 7) is 0. The van der Waals surface area contributed by atoms with E-state index in [0.29, 0.717) is 0 Å². The molecule has 0 saturated carbocycles. The Morgan fingerprint density at radius 3 is 1.05 bits per heavy atom. The van der Waals surface area contributed by atoms with Gasteiger partial charge in [-0.3, -0.25) is 0 Å². The Labute approximate surface area is 120 Å². The van der Waals surface area contributed by atoms with Crippen LogP contribution in [-0.2, 0) is 36.2 Å². The van der Waals surface area contributed by atoms with Gasteiger partial charge < -0.3 is 51.1 Å². The van der Waals surface area contributed by atoms with Crippen molar-refractivity contribution in [2.75, 3.05) is 0 Å². The third kappa shape index (κ3) is 16.3. The van der Waals surface area contributed by atoms with Gasteiger partial charge in [-0.15, -0.1) is 0 Å². The van der Waals surface area contributed by atoms with Crippen LogP contribution in [0, 0.1) is 0 Å². The second-order valence-corrected chi connectivity index (χ2v) is 3.00. The van der Waals surface area contributed by atoms with Gasteiger partial charge in [-0.2, -0.15) is 0 Å². The van der Waals surface area contributed by atoms with Crippen molar-refractivity contribution in [3.05, 3.63) is 0 Å². The largest absolute Gasteiger partial charge is 2.00 e. The molecule has 0 aromatic carbocycles. The van der Waals surface area contributed by atoms with Gasteiger partial charge >= 0.3 is 19.9 Å². The maximum absolute atomic E-state index is 9.71. The van der Waals surface area contributed by atoms with Crippen molar-refractivity contribution in [3.63, 3.8) is 0 Å².